The van der Waals surface area contributed by atoms with Crippen molar-refractivity contribution >= 4 is 5.91 Å². The maximum atomic E-state index is 13.3. The molecule has 0 saturated heterocycles. The Kier molecular flexibility index (Phi) is 4.16. The van der Waals surface area contributed by atoms with Gasteiger partial charge in [0.2, 0.25) is 0 Å². The van der Waals surface area contributed by atoms with E-state index in [0.717, 1.165) is 4.90 Å². The van der Waals surface area contributed by atoms with Crippen LogP contribution in [0.5, 0.6) is 0 Å². The summed E-state index contributed by atoms with van der Waals surface area (Å²) < 4.78 is 39.3. The van der Waals surface area contributed by atoms with E-state index in [1.807, 2.05) is 0 Å². The summed E-state index contributed by atoms with van der Waals surface area (Å²) in [6.45, 7) is 1.76. The summed E-state index contributed by atoms with van der Waals surface area (Å²) in [6, 6.07) is 0.917. The number of halogens is 3. The van der Waals surface area contributed by atoms with Crippen LogP contribution in [-0.4, -0.2) is 23.9 Å². The van der Waals surface area contributed by atoms with Gasteiger partial charge in [0.1, 0.15) is 23.0 Å². The molecule has 0 heterocycles. The minimum absolute atomic E-state index is 0.0639. The molecule has 0 aliphatic heterocycles. The molecule has 0 N–H and O–H groups in total. The lowest BCUT2D eigenvalue weighted by molar-refractivity contribution is 0.0775. The second kappa shape index (κ2) is 5.39. The van der Waals surface area contributed by atoms with Crippen molar-refractivity contribution < 1.29 is 18.0 Å². The first-order valence-corrected chi connectivity index (χ1v) is 4.88. The number of benzene rings is 1. The SMILES string of the molecule is C#CCN(CC)C(=O)c1c(F)cc(F)cc1F. The zero-order valence-electron chi connectivity index (χ0n) is 9.14. The van der Waals surface area contributed by atoms with Gasteiger partial charge >= 0.3 is 0 Å². The van der Waals surface area contributed by atoms with Gasteiger partial charge in [0, 0.05) is 18.7 Å². The van der Waals surface area contributed by atoms with E-state index in [-0.39, 0.29) is 13.1 Å². The summed E-state index contributed by atoms with van der Waals surface area (Å²) in [7, 11) is 0. The third-order valence-corrected chi connectivity index (χ3v) is 2.17. The van der Waals surface area contributed by atoms with Crippen molar-refractivity contribution in [3.8, 4) is 12.3 Å². The molecular formula is C12H10F3NO. The van der Waals surface area contributed by atoms with Gasteiger partial charge in [-0.3, -0.25) is 4.79 Å². The fourth-order valence-corrected chi connectivity index (χ4v) is 1.34. The molecule has 0 aliphatic carbocycles. The normalized spacial score (nSPS) is 9.82. The molecule has 0 aliphatic rings. The first-order valence-electron chi connectivity index (χ1n) is 4.88. The molecule has 1 rings (SSSR count). The third kappa shape index (κ3) is 2.78. The van der Waals surface area contributed by atoms with E-state index in [4.69, 9.17) is 6.42 Å². The number of carbonyl (C=O) groups is 1. The number of rotatable bonds is 3. The minimum atomic E-state index is -1.23. The molecule has 1 aromatic rings. The van der Waals surface area contributed by atoms with Crippen LogP contribution in [0, 0.1) is 29.8 Å². The van der Waals surface area contributed by atoms with Crippen LogP contribution < -0.4 is 0 Å². The van der Waals surface area contributed by atoms with E-state index in [0.29, 0.717) is 12.1 Å². The lowest BCUT2D eigenvalue weighted by Crippen LogP contribution is -2.32. The van der Waals surface area contributed by atoms with Crippen LogP contribution in [0.3, 0.4) is 0 Å². The quantitative estimate of drug-likeness (QED) is 0.743. The number of hydrogen-bond donors (Lipinski definition) is 0. The van der Waals surface area contributed by atoms with Crippen molar-refractivity contribution in [1.29, 1.82) is 0 Å². The Hall–Kier alpha value is -1.96. The molecular weight excluding hydrogens is 231 g/mol. The van der Waals surface area contributed by atoms with Crippen molar-refractivity contribution in [2.45, 2.75) is 6.92 Å². The standard InChI is InChI=1S/C12H10F3NO/c1-3-5-16(4-2)12(17)11-9(14)6-8(13)7-10(11)15/h1,6-7H,4-5H2,2H3. The van der Waals surface area contributed by atoms with Crippen molar-refractivity contribution in [1.82, 2.24) is 4.90 Å². The molecule has 0 spiro atoms. The first kappa shape index (κ1) is 13.1. The van der Waals surface area contributed by atoms with Gasteiger partial charge in [0.25, 0.3) is 5.91 Å². The minimum Gasteiger partial charge on any atom is -0.328 e. The smallest absolute Gasteiger partial charge is 0.260 e. The van der Waals surface area contributed by atoms with Crippen LogP contribution in [0.4, 0.5) is 13.2 Å². The van der Waals surface area contributed by atoms with Gasteiger partial charge in [-0.15, -0.1) is 6.42 Å². The highest BCUT2D eigenvalue weighted by atomic mass is 19.1. The largest absolute Gasteiger partial charge is 0.328 e. The Morgan fingerprint density at radius 2 is 1.88 bits per heavy atom. The zero-order chi connectivity index (χ0) is 13.0. The number of terminal acetylenes is 1. The van der Waals surface area contributed by atoms with Gasteiger partial charge in [-0.2, -0.15) is 0 Å². The summed E-state index contributed by atoms with van der Waals surface area (Å²) in [5, 5.41) is 0. The third-order valence-electron chi connectivity index (χ3n) is 2.17. The fourth-order valence-electron chi connectivity index (χ4n) is 1.34. The maximum absolute atomic E-state index is 13.3. The summed E-state index contributed by atoms with van der Waals surface area (Å²) >= 11 is 0. The highest BCUT2D eigenvalue weighted by Gasteiger charge is 2.22. The molecule has 0 saturated carbocycles. The molecule has 0 unspecified atom stereocenters. The second-order valence-electron chi connectivity index (χ2n) is 3.27. The molecule has 0 radical (unpaired) electrons. The van der Waals surface area contributed by atoms with Crippen LogP contribution in [0.2, 0.25) is 0 Å². The second-order valence-corrected chi connectivity index (χ2v) is 3.27. The molecule has 0 aromatic heterocycles. The van der Waals surface area contributed by atoms with Crippen LogP contribution in [-0.2, 0) is 0 Å². The Morgan fingerprint density at radius 3 is 2.29 bits per heavy atom. The molecule has 0 fully saturated rings. The van der Waals surface area contributed by atoms with Crippen molar-refractivity contribution in [3.63, 3.8) is 0 Å². The van der Waals surface area contributed by atoms with E-state index in [1.54, 1.807) is 6.92 Å². The zero-order valence-corrected chi connectivity index (χ0v) is 9.14. The number of hydrogen-bond acceptors (Lipinski definition) is 1. The average Bonchev–Trinajstić information content (AvgIpc) is 2.24. The molecule has 0 bridgehead atoms. The Balaban J connectivity index is 3.16. The lowest BCUT2D eigenvalue weighted by Gasteiger charge is -2.18. The van der Waals surface area contributed by atoms with Crippen LogP contribution in [0.1, 0.15) is 17.3 Å². The van der Waals surface area contributed by atoms with Crippen molar-refractivity contribution in [2.24, 2.45) is 0 Å². The topological polar surface area (TPSA) is 20.3 Å². The maximum Gasteiger partial charge on any atom is 0.260 e. The van der Waals surface area contributed by atoms with Crippen molar-refractivity contribution in [3.05, 3.63) is 35.1 Å². The number of amides is 1. The van der Waals surface area contributed by atoms with Crippen molar-refractivity contribution in [2.75, 3.05) is 13.1 Å². The molecule has 5 heteroatoms. The molecule has 1 amide bonds. The van der Waals surface area contributed by atoms with Gasteiger partial charge in [-0.25, -0.2) is 13.2 Å². The average molecular weight is 241 g/mol. The summed E-state index contributed by atoms with van der Waals surface area (Å²) in [4.78, 5) is 12.8. The Labute approximate surface area is 97.0 Å². The van der Waals surface area contributed by atoms with Gasteiger partial charge in [-0.05, 0) is 6.92 Å². The fraction of sp³-hybridized carbons (Fsp3) is 0.250. The van der Waals surface area contributed by atoms with Crippen LogP contribution in [0.25, 0.3) is 0 Å². The number of nitrogens with zero attached hydrogens (tertiary/aromatic N) is 1. The molecule has 17 heavy (non-hydrogen) atoms. The molecule has 90 valence electrons. The Bertz CT molecular complexity index is 456. The molecule has 0 atom stereocenters. The highest BCUT2D eigenvalue weighted by molar-refractivity contribution is 5.94. The van der Waals surface area contributed by atoms with Crippen LogP contribution >= 0.6 is 0 Å². The summed E-state index contributed by atoms with van der Waals surface area (Å²) in [5.74, 6) is -2.22. The highest BCUT2D eigenvalue weighted by Crippen LogP contribution is 2.16. The molecule has 1 aromatic carbocycles. The number of carbonyl (C=O) groups excluding carboxylic acids is 1. The van der Waals surface area contributed by atoms with E-state index in [9.17, 15) is 18.0 Å². The van der Waals surface area contributed by atoms with Crippen LogP contribution in [0.15, 0.2) is 12.1 Å². The van der Waals surface area contributed by atoms with Gasteiger partial charge in [0.05, 0.1) is 6.54 Å². The van der Waals surface area contributed by atoms with Gasteiger partial charge in [0.15, 0.2) is 0 Å². The van der Waals surface area contributed by atoms with E-state index >= 15 is 0 Å². The predicted octanol–water partition coefficient (Wildman–Crippen LogP) is 2.20. The van der Waals surface area contributed by atoms with E-state index < -0.39 is 28.9 Å². The molecule has 2 nitrogen and oxygen atoms in total. The monoisotopic (exact) mass is 241 g/mol. The summed E-state index contributed by atoms with van der Waals surface area (Å²) in [5.41, 5.74) is -0.788. The van der Waals surface area contributed by atoms with E-state index in [2.05, 4.69) is 5.92 Å². The van der Waals surface area contributed by atoms with Gasteiger partial charge in [-0.1, -0.05) is 5.92 Å². The summed E-state index contributed by atoms with van der Waals surface area (Å²) in [6.07, 6.45) is 5.03. The van der Waals surface area contributed by atoms with Gasteiger partial charge < -0.3 is 4.90 Å². The Morgan fingerprint density at radius 1 is 1.35 bits per heavy atom. The van der Waals surface area contributed by atoms with E-state index in [1.165, 1.54) is 0 Å². The lowest BCUT2D eigenvalue weighted by atomic mass is 10.1. The first-order chi connectivity index (χ1) is 8.01. The predicted molar refractivity (Wildman–Crippen MR) is 56.7 cm³/mol.